The average Bonchev–Trinajstić information content (AvgIpc) is 2.74. The van der Waals surface area contributed by atoms with Crippen molar-refractivity contribution in [3.05, 3.63) is 56.8 Å². The van der Waals surface area contributed by atoms with E-state index in [-0.39, 0.29) is 5.78 Å². The molecule has 0 radical (unpaired) electrons. The van der Waals surface area contributed by atoms with Crippen LogP contribution in [0.4, 0.5) is 0 Å². The molecule has 0 atom stereocenters. The summed E-state index contributed by atoms with van der Waals surface area (Å²) >= 11 is 3.34. The Hall–Kier alpha value is -1.88. The van der Waals surface area contributed by atoms with Gasteiger partial charge in [-0.3, -0.25) is 4.79 Å². The highest BCUT2D eigenvalue weighted by Gasteiger charge is 2.23. The fraction of sp³-hybridized carbons (Fsp3) is 0.250. The van der Waals surface area contributed by atoms with E-state index in [1.807, 2.05) is 12.1 Å². The van der Waals surface area contributed by atoms with Crippen LogP contribution in [0.2, 0.25) is 0 Å². The minimum atomic E-state index is -0.437. The van der Waals surface area contributed by atoms with E-state index in [4.69, 9.17) is 4.74 Å². The Morgan fingerprint density at radius 2 is 1.81 bits per heavy atom. The maximum absolute atomic E-state index is 12.6. The number of aromatic amines is 1. The summed E-state index contributed by atoms with van der Waals surface area (Å²) < 4.78 is 5.90. The van der Waals surface area contributed by atoms with Gasteiger partial charge < -0.3 is 9.72 Å². The number of aromatic nitrogens is 1. The third-order valence-electron chi connectivity index (χ3n) is 3.25. The molecule has 2 aromatic rings. The number of benzene rings is 1. The molecule has 1 heterocycles. The van der Waals surface area contributed by atoms with E-state index < -0.39 is 5.97 Å². The first-order valence-electron chi connectivity index (χ1n) is 6.62. The van der Waals surface area contributed by atoms with Crippen LogP contribution in [0.3, 0.4) is 0 Å². The Morgan fingerprint density at radius 3 is 2.38 bits per heavy atom. The van der Waals surface area contributed by atoms with Crippen LogP contribution in [0.25, 0.3) is 0 Å². The number of hydrogen-bond acceptors (Lipinski definition) is 3. The number of esters is 1. The number of H-pyrrole nitrogens is 1. The lowest BCUT2D eigenvalue weighted by Crippen LogP contribution is -2.08. The Balaban J connectivity index is 2.42. The van der Waals surface area contributed by atoms with Crippen molar-refractivity contribution in [2.24, 2.45) is 0 Å². The molecule has 0 aliphatic carbocycles. The summed E-state index contributed by atoms with van der Waals surface area (Å²) in [4.78, 5) is 27.4. The normalized spacial score (nSPS) is 10.5. The van der Waals surface area contributed by atoms with Crippen molar-refractivity contribution in [2.75, 3.05) is 6.61 Å². The monoisotopic (exact) mass is 349 g/mol. The van der Waals surface area contributed by atoms with Gasteiger partial charge in [0.2, 0.25) is 0 Å². The second-order valence-corrected chi connectivity index (χ2v) is 5.60. The third kappa shape index (κ3) is 3.08. The summed E-state index contributed by atoms with van der Waals surface area (Å²) in [5.74, 6) is -0.544. The van der Waals surface area contributed by atoms with Crippen molar-refractivity contribution in [1.29, 1.82) is 0 Å². The van der Waals surface area contributed by atoms with Gasteiger partial charge in [-0.25, -0.2) is 4.79 Å². The smallest absolute Gasteiger partial charge is 0.355 e. The molecule has 1 N–H and O–H groups in total. The second-order valence-electron chi connectivity index (χ2n) is 4.68. The number of hydrogen-bond donors (Lipinski definition) is 1. The number of nitrogens with one attached hydrogen (secondary N) is 1. The highest BCUT2D eigenvalue weighted by molar-refractivity contribution is 9.10. The minimum Gasteiger partial charge on any atom is -0.461 e. The highest BCUT2D eigenvalue weighted by Crippen LogP contribution is 2.23. The van der Waals surface area contributed by atoms with Crippen molar-refractivity contribution in [2.45, 2.75) is 20.8 Å². The van der Waals surface area contributed by atoms with E-state index in [1.54, 1.807) is 32.9 Å². The molecule has 0 bridgehead atoms. The van der Waals surface area contributed by atoms with Crippen LogP contribution in [0.15, 0.2) is 28.7 Å². The van der Waals surface area contributed by atoms with Crippen LogP contribution in [0, 0.1) is 13.8 Å². The molecule has 0 unspecified atom stereocenters. The van der Waals surface area contributed by atoms with Crippen LogP contribution in [-0.4, -0.2) is 23.3 Å². The summed E-state index contributed by atoms with van der Waals surface area (Å²) in [6.07, 6.45) is 0. The molecule has 0 aliphatic heterocycles. The number of aryl methyl sites for hydroxylation is 1. The van der Waals surface area contributed by atoms with E-state index in [0.29, 0.717) is 34.7 Å². The van der Waals surface area contributed by atoms with E-state index in [1.165, 1.54) is 0 Å². The molecule has 110 valence electrons. The van der Waals surface area contributed by atoms with Crippen molar-refractivity contribution in [3.63, 3.8) is 0 Å². The molecule has 0 aliphatic rings. The first-order chi connectivity index (χ1) is 9.95. The zero-order valence-corrected chi connectivity index (χ0v) is 13.7. The van der Waals surface area contributed by atoms with Crippen molar-refractivity contribution < 1.29 is 14.3 Å². The first kappa shape index (κ1) is 15.5. The molecule has 1 aromatic heterocycles. The van der Waals surface area contributed by atoms with Gasteiger partial charge >= 0.3 is 5.97 Å². The van der Waals surface area contributed by atoms with Gasteiger partial charge in [0, 0.05) is 21.3 Å². The Kier molecular flexibility index (Phi) is 4.63. The predicted octanol–water partition coefficient (Wildman–Crippen LogP) is 3.80. The number of carbonyl (C=O) groups is 2. The summed E-state index contributed by atoms with van der Waals surface area (Å²) in [7, 11) is 0. The van der Waals surface area contributed by atoms with E-state index in [0.717, 1.165) is 4.47 Å². The molecule has 2 rings (SSSR count). The number of rotatable bonds is 4. The van der Waals surface area contributed by atoms with Gasteiger partial charge in [-0.05, 0) is 50.6 Å². The van der Waals surface area contributed by atoms with Crippen LogP contribution < -0.4 is 0 Å². The van der Waals surface area contributed by atoms with Gasteiger partial charge in [0.25, 0.3) is 0 Å². The summed E-state index contributed by atoms with van der Waals surface area (Å²) in [5, 5.41) is 0. The van der Waals surface area contributed by atoms with Gasteiger partial charge in [-0.1, -0.05) is 15.9 Å². The van der Waals surface area contributed by atoms with Gasteiger partial charge in [-0.2, -0.15) is 0 Å². The third-order valence-corrected chi connectivity index (χ3v) is 3.78. The largest absolute Gasteiger partial charge is 0.461 e. The zero-order chi connectivity index (χ0) is 15.6. The minimum absolute atomic E-state index is 0.107. The summed E-state index contributed by atoms with van der Waals surface area (Å²) in [6, 6.07) is 7.14. The maximum Gasteiger partial charge on any atom is 0.355 e. The number of halogens is 1. The average molecular weight is 350 g/mol. The lowest BCUT2D eigenvalue weighted by molar-refractivity contribution is 0.0519. The molecule has 0 fully saturated rings. The van der Waals surface area contributed by atoms with Crippen LogP contribution in [-0.2, 0) is 4.74 Å². The molecular formula is C16H16BrNO3. The first-order valence-corrected chi connectivity index (χ1v) is 7.41. The Bertz CT molecular complexity index is 686. The van der Waals surface area contributed by atoms with Gasteiger partial charge in [0.1, 0.15) is 5.69 Å². The molecule has 0 saturated carbocycles. The van der Waals surface area contributed by atoms with Gasteiger partial charge in [-0.15, -0.1) is 0 Å². The van der Waals surface area contributed by atoms with Crippen LogP contribution in [0.5, 0.6) is 0 Å². The molecule has 0 saturated heterocycles. The number of carbonyl (C=O) groups excluding carboxylic acids is 2. The second kappa shape index (κ2) is 6.26. The Labute approximate surface area is 131 Å². The molecule has 21 heavy (non-hydrogen) atoms. The van der Waals surface area contributed by atoms with E-state index >= 15 is 0 Å². The fourth-order valence-corrected chi connectivity index (χ4v) is 2.51. The zero-order valence-electron chi connectivity index (χ0n) is 12.1. The fourth-order valence-electron chi connectivity index (χ4n) is 2.24. The molecule has 4 nitrogen and oxygen atoms in total. The van der Waals surface area contributed by atoms with E-state index in [9.17, 15) is 9.59 Å². The van der Waals surface area contributed by atoms with Crippen LogP contribution >= 0.6 is 15.9 Å². The summed E-state index contributed by atoms with van der Waals surface area (Å²) in [6.45, 7) is 5.58. The number of ether oxygens (including phenoxy) is 1. The standard InChI is InChI=1S/C16H16BrNO3/c1-4-21-16(20)14-9(2)13(10(3)18-14)15(19)11-5-7-12(17)8-6-11/h5-8,18H,4H2,1-3H3. The molecule has 0 spiro atoms. The number of ketones is 1. The molecular weight excluding hydrogens is 334 g/mol. The van der Waals surface area contributed by atoms with Gasteiger partial charge in [0.05, 0.1) is 6.61 Å². The van der Waals surface area contributed by atoms with Crippen LogP contribution in [0.1, 0.15) is 44.6 Å². The molecule has 1 aromatic carbocycles. The highest BCUT2D eigenvalue weighted by atomic mass is 79.9. The molecule has 5 heteroatoms. The maximum atomic E-state index is 12.6. The predicted molar refractivity (Wildman–Crippen MR) is 83.8 cm³/mol. The van der Waals surface area contributed by atoms with E-state index in [2.05, 4.69) is 20.9 Å². The lowest BCUT2D eigenvalue weighted by Gasteiger charge is -2.03. The quantitative estimate of drug-likeness (QED) is 0.674. The molecule has 0 amide bonds. The van der Waals surface area contributed by atoms with Crippen molar-refractivity contribution >= 4 is 27.7 Å². The topological polar surface area (TPSA) is 59.2 Å². The Morgan fingerprint density at radius 1 is 1.19 bits per heavy atom. The van der Waals surface area contributed by atoms with Crippen molar-refractivity contribution in [3.8, 4) is 0 Å². The summed E-state index contributed by atoms with van der Waals surface area (Å²) in [5.41, 5.74) is 2.75. The SMILES string of the molecule is CCOC(=O)c1[nH]c(C)c(C(=O)c2ccc(Br)cc2)c1C. The van der Waals surface area contributed by atoms with Gasteiger partial charge in [0.15, 0.2) is 5.78 Å². The van der Waals surface area contributed by atoms with Crippen molar-refractivity contribution in [1.82, 2.24) is 4.98 Å². The lowest BCUT2D eigenvalue weighted by atomic mass is 10.00.